The van der Waals surface area contributed by atoms with Crippen molar-refractivity contribution in [3.05, 3.63) is 0 Å². The number of hydrogen-bond donors (Lipinski definition) is 7. The molecule has 4 saturated carbocycles. The van der Waals surface area contributed by atoms with Crippen LogP contribution in [-0.2, 0) is 42.7 Å². The number of ether oxygens (including phenoxy) is 7. The van der Waals surface area contributed by atoms with Crippen molar-refractivity contribution in [1.82, 2.24) is 0 Å². The van der Waals surface area contributed by atoms with Gasteiger partial charge in [-0.1, -0.05) is 41.5 Å². The Balaban J connectivity index is 1.27. The third kappa shape index (κ3) is 7.50. The Morgan fingerprint density at radius 1 is 0.710 bits per heavy atom. The van der Waals surface area contributed by atoms with E-state index in [1.165, 1.54) is 13.8 Å². The summed E-state index contributed by atoms with van der Waals surface area (Å²) in [5, 5.41) is 77.3. The minimum absolute atomic E-state index is 0.0334. The topological polar surface area (TPSA) is 240 Å². The van der Waals surface area contributed by atoms with Gasteiger partial charge in [-0.3, -0.25) is 9.59 Å². The van der Waals surface area contributed by atoms with E-state index in [1.807, 2.05) is 0 Å². The largest absolute Gasteiger partial charge is 0.455 e. The van der Waals surface area contributed by atoms with Crippen LogP contribution in [0.2, 0.25) is 0 Å². The second kappa shape index (κ2) is 16.4. The average Bonchev–Trinajstić information content (AvgIpc) is 3.67. The molecular weight excluding hydrogens is 808 g/mol. The Labute approximate surface area is 366 Å². The fraction of sp³-hybridized carbons (Fsp3) is 0.957. The molecular formula is C46H76O16. The number of esters is 2. The Morgan fingerprint density at radius 2 is 1.32 bits per heavy atom. The van der Waals surface area contributed by atoms with Crippen molar-refractivity contribution in [2.24, 2.45) is 44.8 Å². The lowest BCUT2D eigenvalue weighted by Gasteiger charge is -2.73. The second-order valence-electron chi connectivity index (χ2n) is 22.6. The molecule has 0 aromatic carbocycles. The van der Waals surface area contributed by atoms with Crippen molar-refractivity contribution in [2.45, 2.75) is 218 Å². The summed E-state index contributed by atoms with van der Waals surface area (Å²) < 4.78 is 43.7. The van der Waals surface area contributed by atoms with Gasteiger partial charge >= 0.3 is 11.9 Å². The van der Waals surface area contributed by atoms with Gasteiger partial charge in [0, 0.05) is 19.8 Å². The van der Waals surface area contributed by atoms with Crippen molar-refractivity contribution in [1.29, 1.82) is 0 Å². The molecule has 0 unspecified atom stereocenters. The van der Waals surface area contributed by atoms with Crippen LogP contribution in [0.1, 0.15) is 128 Å². The molecule has 0 spiro atoms. The summed E-state index contributed by atoms with van der Waals surface area (Å²) in [6.45, 7) is 20.7. The van der Waals surface area contributed by atoms with Crippen molar-refractivity contribution >= 4 is 11.9 Å². The zero-order valence-corrected chi connectivity index (χ0v) is 38.6. The molecule has 7 rings (SSSR count). The monoisotopic (exact) mass is 885 g/mol. The molecule has 3 aliphatic heterocycles. The van der Waals surface area contributed by atoms with Crippen LogP contribution in [0.3, 0.4) is 0 Å². The minimum atomic E-state index is -1.65. The first-order chi connectivity index (χ1) is 28.6. The quantitative estimate of drug-likeness (QED) is 0.130. The summed E-state index contributed by atoms with van der Waals surface area (Å²) in [5.41, 5.74) is -4.07. The summed E-state index contributed by atoms with van der Waals surface area (Å²) in [4.78, 5) is 24.5. The number of rotatable bonds is 9. The van der Waals surface area contributed by atoms with Crippen molar-refractivity contribution in [3.8, 4) is 0 Å². The van der Waals surface area contributed by atoms with Crippen LogP contribution in [-0.4, -0.2) is 152 Å². The lowest BCUT2D eigenvalue weighted by Crippen LogP contribution is -2.71. The van der Waals surface area contributed by atoms with E-state index >= 15 is 0 Å². The summed E-state index contributed by atoms with van der Waals surface area (Å²) in [5.74, 6) is -1.90. The zero-order valence-electron chi connectivity index (χ0n) is 38.6. The molecule has 0 aromatic rings. The smallest absolute Gasteiger partial charge is 0.303 e. The van der Waals surface area contributed by atoms with Crippen molar-refractivity contribution < 1.29 is 78.5 Å². The van der Waals surface area contributed by atoms with E-state index in [0.717, 1.165) is 12.8 Å². The Hall–Kier alpha value is -1.54. The van der Waals surface area contributed by atoms with E-state index < -0.39 is 120 Å². The fourth-order valence-electron chi connectivity index (χ4n) is 15.1. The predicted octanol–water partition coefficient (Wildman–Crippen LogP) is 2.50. The fourth-order valence-corrected chi connectivity index (χ4v) is 15.1. The van der Waals surface area contributed by atoms with Crippen LogP contribution in [0.15, 0.2) is 0 Å². The molecule has 7 fully saturated rings. The summed E-state index contributed by atoms with van der Waals surface area (Å²) >= 11 is 0. The van der Waals surface area contributed by atoms with Crippen LogP contribution in [0.4, 0.5) is 0 Å². The highest BCUT2D eigenvalue weighted by atomic mass is 16.7. The number of fused-ring (bicyclic) bond motifs is 5. The van der Waals surface area contributed by atoms with Crippen LogP contribution >= 0.6 is 0 Å². The molecule has 7 aliphatic rings. The number of hydrogen-bond acceptors (Lipinski definition) is 16. The Bertz CT molecular complexity index is 1670. The molecule has 0 aromatic heterocycles. The molecule has 0 radical (unpaired) electrons. The van der Waals surface area contributed by atoms with Crippen LogP contribution < -0.4 is 0 Å². The van der Waals surface area contributed by atoms with Gasteiger partial charge in [-0.15, -0.1) is 0 Å². The molecule has 7 N–H and O–H groups in total. The van der Waals surface area contributed by atoms with Gasteiger partial charge < -0.3 is 68.9 Å². The van der Waals surface area contributed by atoms with Crippen molar-refractivity contribution in [2.75, 3.05) is 13.2 Å². The minimum Gasteiger partial charge on any atom is -0.455 e. The Morgan fingerprint density at radius 3 is 1.92 bits per heavy atom. The molecule has 3 heterocycles. The van der Waals surface area contributed by atoms with E-state index in [-0.39, 0.29) is 41.3 Å². The molecule has 4 aliphatic carbocycles. The lowest BCUT2D eigenvalue weighted by molar-refractivity contribution is -0.356. The first kappa shape index (κ1) is 48.4. The van der Waals surface area contributed by atoms with E-state index in [2.05, 4.69) is 48.5 Å². The molecule has 21 atom stereocenters. The number of aliphatic hydroxyl groups excluding tert-OH is 6. The van der Waals surface area contributed by atoms with Gasteiger partial charge in [0.2, 0.25) is 0 Å². The molecule has 356 valence electrons. The van der Waals surface area contributed by atoms with Gasteiger partial charge in [-0.05, 0) is 111 Å². The summed E-state index contributed by atoms with van der Waals surface area (Å²) in [6, 6.07) is 0. The maximum Gasteiger partial charge on any atom is 0.303 e. The molecule has 62 heavy (non-hydrogen) atoms. The molecule has 0 bridgehead atoms. The van der Waals surface area contributed by atoms with Gasteiger partial charge in [-0.2, -0.15) is 0 Å². The van der Waals surface area contributed by atoms with E-state index in [4.69, 9.17) is 33.2 Å². The third-order valence-corrected chi connectivity index (χ3v) is 18.3. The number of aliphatic hydroxyl groups is 7. The highest BCUT2D eigenvalue weighted by Gasteiger charge is 2.77. The van der Waals surface area contributed by atoms with Crippen LogP contribution in [0.25, 0.3) is 0 Å². The normalized spacial score (nSPS) is 52.7. The predicted molar refractivity (Wildman–Crippen MR) is 220 cm³/mol. The van der Waals surface area contributed by atoms with Crippen LogP contribution in [0, 0.1) is 44.8 Å². The maximum absolute atomic E-state index is 12.4. The van der Waals surface area contributed by atoms with Gasteiger partial charge in [0.1, 0.15) is 30.5 Å². The standard InChI is InChI=1S/C46H76O16/c1-22(48)57-34-25(51)21-56-39(35(34)58-23(2)49)61-29-12-14-43(8)37(40(29,3)4)26(59-38-33(54)32(53)31(52)27(20-47)60-38)18-28-42(43,7)16-17-44(9)36(24(50)19-45(28,44)10)46(11)15-13-30(62-46)41(5,6)55/h24-39,47,50-55H,12-21H2,1-11H3/t24-,25+,26-,27+,28+,29-,30-,31+,32-,33+,34-,35+,36-,37-,38+,39-,42+,43-,44+,45-,46+/m0/s1. The van der Waals surface area contributed by atoms with E-state index in [9.17, 15) is 45.3 Å². The molecule has 16 heteroatoms. The van der Waals surface area contributed by atoms with Crippen molar-refractivity contribution in [3.63, 3.8) is 0 Å². The van der Waals surface area contributed by atoms with Gasteiger partial charge in [0.05, 0.1) is 48.8 Å². The molecule has 16 nitrogen and oxygen atoms in total. The molecule has 3 saturated heterocycles. The lowest BCUT2D eigenvalue weighted by atomic mass is 9.32. The van der Waals surface area contributed by atoms with E-state index in [1.54, 1.807) is 13.8 Å². The van der Waals surface area contributed by atoms with Gasteiger partial charge in [0.25, 0.3) is 0 Å². The van der Waals surface area contributed by atoms with E-state index in [0.29, 0.717) is 38.5 Å². The highest BCUT2D eigenvalue weighted by molar-refractivity contribution is 5.67. The summed E-state index contributed by atoms with van der Waals surface area (Å²) in [7, 11) is 0. The second-order valence-corrected chi connectivity index (χ2v) is 22.6. The highest BCUT2D eigenvalue weighted by Crippen LogP contribution is 2.79. The SMILES string of the molecule is CC(=O)O[C@@H]1[C@@H](OC(C)=O)[C@H](O[C@H]2CC[C@@]3(C)[C@@H]([C@@H](O[C@@H]4O[C@H](CO)[C@@H](O)[C@H](O)[C@H]4O)C[C@H]4[C@]5(C)C[C@H](O)[C@H]([C@@]6(C)CC[C@@H](C(C)(C)O)O6)[C@@]5(C)CC[C@]43C)C2(C)C)OC[C@H]1O. The first-order valence-corrected chi connectivity index (χ1v) is 22.9. The maximum atomic E-state index is 12.4. The zero-order chi connectivity index (χ0) is 45.9. The van der Waals surface area contributed by atoms with Crippen LogP contribution in [0.5, 0.6) is 0 Å². The molecule has 0 amide bonds. The third-order valence-electron chi connectivity index (χ3n) is 18.3. The summed E-state index contributed by atoms with van der Waals surface area (Å²) in [6.07, 6.45) is -9.39. The number of carbonyl (C=O) groups is 2. The van der Waals surface area contributed by atoms with Gasteiger partial charge in [-0.25, -0.2) is 0 Å². The first-order valence-electron chi connectivity index (χ1n) is 22.9. The number of carbonyl (C=O) groups excluding carboxylic acids is 2. The average molecular weight is 885 g/mol. The van der Waals surface area contributed by atoms with Gasteiger partial charge in [0.15, 0.2) is 24.8 Å². The Kier molecular flexibility index (Phi) is 12.8.